The summed E-state index contributed by atoms with van der Waals surface area (Å²) in [6, 6.07) is 5.11. The highest BCUT2D eigenvalue weighted by Crippen LogP contribution is 2.26. The summed E-state index contributed by atoms with van der Waals surface area (Å²) in [5, 5.41) is 6.28. The van der Waals surface area contributed by atoms with Crippen molar-refractivity contribution in [3.8, 4) is 0 Å². The van der Waals surface area contributed by atoms with Crippen molar-refractivity contribution in [1.29, 1.82) is 0 Å². The Morgan fingerprint density at radius 3 is 2.50 bits per heavy atom. The molecule has 1 saturated heterocycles. The van der Waals surface area contributed by atoms with E-state index in [1.807, 2.05) is 19.1 Å². The number of hydrogen-bond donors (Lipinski definition) is 4. The Morgan fingerprint density at radius 1 is 1.10 bits per heavy atom. The molecule has 1 aliphatic carbocycles. The third-order valence-corrected chi connectivity index (χ3v) is 10.4. The first-order chi connectivity index (χ1) is 24.8. The lowest BCUT2D eigenvalue weighted by Crippen LogP contribution is -2.60. The fourth-order valence-corrected chi connectivity index (χ4v) is 6.89. The number of nitrogens with two attached hydrogens (primary N) is 1. The molecule has 4 heterocycles. The van der Waals surface area contributed by atoms with Crippen LogP contribution in [-0.2, 0) is 31.8 Å². The third kappa shape index (κ3) is 11.4. The topological polar surface area (TPSA) is 210 Å². The molecule has 2 aromatic heterocycles. The number of halogens is 1. The number of primary amides is 1. The maximum absolute atomic E-state index is 13.0. The van der Waals surface area contributed by atoms with Gasteiger partial charge in [0.15, 0.2) is 5.69 Å². The summed E-state index contributed by atoms with van der Waals surface area (Å²) in [6.07, 6.45) is 13.3. The van der Waals surface area contributed by atoms with Crippen LogP contribution in [0.15, 0.2) is 45.7 Å². The van der Waals surface area contributed by atoms with Gasteiger partial charge in [-0.25, -0.2) is 13.6 Å². The predicted molar refractivity (Wildman–Crippen MR) is 194 cm³/mol. The minimum atomic E-state index is -1.41. The van der Waals surface area contributed by atoms with Crippen LogP contribution in [0.1, 0.15) is 106 Å². The molecule has 14 nitrogen and oxygen atoms in total. The first-order valence-electron chi connectivity index (χ1n) is 17.7. The van der Waals surface area contributed by atoms with E-state index in [0.29, 0.717) is 54.7 Å². The molecule has 52 heavy (non-hydrogen) atoms. The predicted octanol–water partition coefficient (Wildman–Crippen LogP) is 3.80. The monoisotopic (exact) mass is 741 g/mol. The molecule has 2 fully saturated rings. The zero-order valence-electron chi connectivity index (χ0n) is 29.9. The maximum atomic E-state index is 13.0. The second-order valence-electron chi connectivity index (χ2n) is 13.3. The average molecular weight is 742 g/mol. The summed E-state index contributed by atoms with van der Waals surface area (Å²) in [5.74, 6) is -1.05. The van der Waals surface area contributed by atoms with Crippen LogP contribution < -0.4 is 21.3 Å². The molecule has 16 heteroatoms. The number of benzene rings is 1. The SMILES string of the molecule is CC1(C(=O)NS(=O)C2CC2)C/C=C\CCCCCCC(=O)N2CCCC2C(=O)N1.CCc1nc2ccc(F)cc2[nH]c1=O.Cc1cc(C(N)=O)no1. The average Bonchev–Trinajstić information content (AvgIpc) is 3.67. The number of allylic oxidation sites excluding steroid dienone is 1. The number of aromatic amines is 1. The third-order valence-electron chi connectivity index (χ3n) is 8.94. The number of H-pyrrole nitrogens is 1. The van der Waals surface area contributed by atoms with Gasteiger partial charge in [0.25, 0.3) is 17.4 Å². The number of carbonyl (C=O) groups is 4. The van der Waals surface area contributed by atoms with Crippen LogP contribution in [0.5, 0.6) is 0 Å². The first kappa shape index (κ1) is 40.0. The summed E-state index contributed by atoms with van der Waals surface area (Å²) in [5.41, 5.74) is 5.12. The molecule has 0 bridgehead atoms. The van der Waals surface area contributed by atoms with Gasteiger partial charge in [0.2, 0.25) is 11.8 Å². The number of nitrogens with one attached hydrogen (secondary N) is 3. The Bertz CT molecular complexity index is 1860. The van der Waals surface area contributed by atoms with Gasteiger partial charge in [-0.15, -0.1) is 0 Å². The molecule has 1 saturated carbocycles. The van der Waals surface area contributed by atoms with Crippen LogP contribution in [0.4, 0.5) is 4.39 Å². The summed E-state index contributed by atoms with van der Waals surface area (Å²) in [7, 11) is -1.41. The number of carbonyl (C=O) groups excluding carboxylic acids is 4. The molecule has 0 spiro atoms. The van der Waals surface area contributed by atoms with E-state index < -0.39 is 34.4 Å². The minimum Gasteiger partial charge on any atom is -0.364 e. The van der Waals surface area contributed by atoms with Crippen LogP contribution in [-0.4, -0.2) is 71.2 Å². The number of aryl methyl sites for hydroxylation is 2. The molecular weight excluding hydrogens is 694 g/mol. The van der Waals surface area contributed by atoms with E-state index in [0.717, 1.165) is 51.4 Å². The lowest BCUT2D eigenvalue weighted by Gasteiger charge is -2.32. The number of amides is 4. The van der Waals surface area contributed by atoms with E-state index in [-0.39, 0.29) is 34.1 Å². The molecule has 1 aromatic carbocycles. The molecule has 0 radical (unpaired) electrons. The fourth-order valence-electron chi connectivity index (χ4n) is 5.75. The highest BCUT2D eigenvalue weighted by molar-refractivity contribution is 7.84. The van der Waals surface area contributed by atoms with Crippen molar-refractivity contribution in [3.05, 3.63) is 69.7 Å². The van der Waals surface area contributed by atoms with Gasteiger partial charge < -0.3 is 25.5 Å². The molecule has 6 rings (SSSR count). The number of nitrogens with zero attached hydrogens (tertiary/aromatic N) is 3. The summed E-state index contributed by atoms with van der Waals surface area (Å²) >= 11 is 0. The van der Waals surface area contributed by atoms with E-state index in [4.69, 9.17) is 5.73 Å². The maximum Gasteiger partial charge on any atom is 0.270 e. The van der Waals surface area contributed by atoms with Crippen molar-refractivity contribution < 1.29 is 32.3 Å². The van der Waals surface area contributed by atoms with Crippen molar-refractivity contribution in [2.45, 2.75) is 115 Å². The first-order valence-corrected chi connectivity index (χ1v) is 18.9. The van der Waals surface area contributed by atoms with Crippen LogP contribution in [0.3, 0.4) is 0 Å². The molecule has 4 amide bonds. The van der Waals surface area contributed by atoms with Gasteiger partial charge >= 0.3 is 0 Å². The van der Waals surface area contributed by atoms with Gasteiger partial charge in [-0.1, -0.05) is 37.1 Å². The summed E-state index contributed by atoms with van der Waals surface area (Å²) in [6.45, 7) is 5.81. The normalized spacial score (nSPS) is 22.2. The van der Waals surface area contributed by atoms with E-state index in [1.54, 1.807) is 24.8 Å². The Morgan fingerprint density at radius 2 is 1.85 bits per heavy atom. The van der Waals surface area contributed by atoms with Gasteiger partial charge in [-0.3, -0.25) is 28.7 Å². The lowest BCUT2D eigenvalue weighted by atomic mass is 9.95. The zero-order valence-corrected chi connectivity index (χ0v) is 30.7. The number of rotatable bonds is 5. The highest BCUT2D eigenvalue weighted by Gasteiger charge is 2.41. The smallest absolute Gasteiger partial charge is 0.270 e. The number of aromatic nitrogens is 3. The van der Waals surface area contributed by atoms with Crippen LogP contribution in [0.25, 0.3) is 11.0 Å². The van der Waals surface area contributed by atoms with E-state index in [2.05, 4.69) is 29.7 Å². The second-order valence-corrected chi connectivity index (χ2v) is 14.8. The largest absolute Gasteiger partial charge is 0.364 e. The second kappa shape index (κ2) is 18.7. The van der Waals surface area contributed by atoms with Crippen LogP contribution >= 0.6 is 0 Å². The fraction of sp³-hybridized carbons (Fsp3) is 0.528. The molecule has 3 atom stereocenters. The molecule has 3 aromatic rings. The molecular formula is C36H48FN7O7S. The van der Waals surface area contributed by atoms with Gasteiger partial charge in [0.1, 0.15) is 39.8 Å². The quantitative estimate of drug-likeness (QED) is 0.280. The Labute approximate surface area is 304 Å². The molecule has 2 aliphatic heterocycles. The molecule has 3 aliphatic rings. The van der Waals surface area contributed by atoms with Crippen molar-refractivity contribution >= 4 is 45.6 Å². The Hall–Kier alpha value is -4.73. The minimum absolute atomic E-state index is 0.0247. The molecule has 5 N–H and O–H groups in total. The van der Waals surface area contributed by atoms with Crippen LogP contribution in [0, 0.1) is 12.7 Å². The van der Waals surface area contributed by atoms with Crippen molar-refractivity contribution in [2.24, 2.45) is 5.73 Å². The van der Waals surface area contributed by atoms with Crippen molar-refractivity contribution in [1.82, 2.24) is 30.1 Å². The van der Waals surface area contributed by atoms with Crippen molar-refractivity contribution in [2.75, 3.05) is 6.54 Å². The number of hydrogen-bond acceptors (Lipinski definition) is 9. The van der Waals surface area contributed by atoms with E-state index in [9.17, 15) is 32.6 Å². The number of fused-ring (bicyclic) bond motifs is 2. The lowest BCUT2D eigenvalue weighted by molar-refractivity contribution is -0.140. The van der Waals surface area contributed by atoms with Gasteiger partial charge in [-0.05, 0) is 89.8 Å². The summed E-state index contributed by atoms with van der Waals surface area (Å²) < 4.78 is 32.2. The Kier molecular flexibility index (Phi) is 14.4. The standard InChI is InChI=1S/C21H33N3O4S.C10H9FN2O.C5H6N2O2/c1-21(20(27)23-29(28)16-12-13-16)14-8-6-4-2-3-5-7-11-18(25)24-15-9-10-17(24)19(26)22-21;1-2-7-10(14)13-9-5-6(11)3-4-8(9)12-7;1-3-2-4(5(6)8)7-9-3/h6,8,16-17H,2-5,7,9-15H2,1H3,(H,22,26)(H,23,27);3-5H,2H2,1H3,(H,13,14);2H,1H3,(H2,6,8)/b8-6-;;. The molecule has 282 valence electrons. The highest BCUT2D eigenvalue weighted by atomic mass is 32.2. The van der Waals surface area contributed by atoms with Crippen molar-refractivity contribution in [3.63, 3.8) is 0 Å². The molecule has 3 unspecified atom stereocenters. The van der Waals surface area contributed by atoms with Gasteiger partial charge in [0, 0.05) is 19.0 Å². The van der Waals surface area contributed by atoms with E-state index in [1.165, 1.54) is 18.2 Å². The Balaban J connectivity index is 0.000000215. The zero-order chi connectivity index (χ0) is 37.8. The van der Waals surface area contributed by atoms with Crippen LogP contribution in [0.2, 0.25) is 0 Å². The van der Waals surface area contributed by atoms with E-state index >= 15 is 0 Å². The van der Waals surface area contributed by atoms with Gasteiger partial charge in [-0.2, -0.15) is 0 Å². The van der Waals surface area contributed by atoms with Gasteiger partial charge in [0.05, 0.1) is 16.3 Å². The summed E-state index contributed by atoms with van der Waals surface area (Å²) in [4.78, 5) is 68.6.